The molecule has 0 saturated carbocycles. The van der Waals surface area contributed by atoms with Gasteiger partial charge in [-0.25, -0.2) is 18.4 Å². The topological polar surface area (TPSA) is 98.9 Å². The first-order valence-electron chi connectivity index (χ1n) is 6.83. The van der Waals surface area contributed by atoms with E-state index in [0.29, 0.717) is 13.1 Å². The van der Waals surface area contributed by atoms with Crippen LogP contribution in [0.1, 0.15) is 20.8 Å². The Kier molecular flexibility index (Phi) is 4.35. The predicted molar refractivity (Wildman–Crippen MR) is 80.0 cm³/mol. The molecule has 0 bridgehead atoms. The monoisotopic (exact) mass is 328 g/mol. The number of amides is 1. The molecular formula is C14H20N2O5S. The number of primary sulfonamides is 1. The Morgan fingerprint density at radius 3 is 2.41 bits per heavy atom. The lowest BCUT2D eigenvalue weighted by Crippen LogP contribution is -2.57. The van der Waals surface area contributed by atoms with Crippen LogP contribution in [0.25, 0.3) is 0 Å². The van der Waals surface area contributed by atoms with Gasteiger partial charge in [-0.1, -0.05) is 12.1 Å². The fourth-order valence-corrected chi connectivity index (χ4v) is 2.62. The van der Waals surface area contributed by atoms with Gasteiger partial charge in [-0.2, -0.15) is 0 Å². The van der Waals surface area contributed by atoms with Crippen LogP contribution in [0.4, 0.5) is 4.79 Å². The van der Waals surface area contributed by atoms with Crippen molar-refractivity contribution in [1.82, 2.24) is 4.90 Å². The molecule has 122 valence electrons. The number of benzene rings is 1. The third-order valence-corrected chi connectivity index (χ3v) is 3.90. The second-order valence-corrected chi connectivity index (χ2v) is 7.65. The van der Waals surface area contributed by atoms with E-state index >= 15 is 0 Å². The molecule has 1 aliphatic rings. The quantitative estimate of drug-likeness (QED) is 0.902. The van der Waals surface area contributed by atoms with Gasteiger partial charge in [0.2, 0.25) is 10.0 Å². The van der Waals surface area contributed by atoms with Gasteiger partial charge in [-0.05, 0) is 32.9 Å². The lowest BCUT2D eigenvalue weighted by molar-refractivity contribution is -0.0228. The number of hydrogen-bond donors (Lipinski definition) is 1. The average molecular weight is 328 g/mol. The summed E-state index contributed by atoms with van der Waals surface area (Å²) in [5, 5.41) is 5.15. The number of sulfonamides is 1. The number of rotatable bonds is 3. The maximum atomic E-state index is 11.8. The van der Waals surface area contributed by atoms with E-state index < -0.39 is 21.7 Å². The van der Waals surface area contributed by atoms with E-state index in [9.17, 15) is 13.2 Å². The third-order valence-electron chi connectivity index (χ3n) is 2.95. The van der Waals surface area contributed by atoms with Gasteiger partial charge in [-0.15, -0.1) is 0 Å². The zero-order valence-electron chi connectivity index (χ0n) is 12.8. The van der Waals surface area contributed by atoms with E-state index in [2.05, 4.69) is 0 Å². The minimum atomic E-state index is -3.85. The summed E-state index contributed by atoms with van der Waals surface area (Å²) in [6.07, 6.45) is -0.692. The largest absolute Gasteiger partial charge is 0.485 e. The summed E-state index contributed by atoms with van der Waals surface area (Å²) < 4.78 is 33.8. The molecule has 0 aliphatic carbocycles. The molecule has 1 fully saturated rings. The van der Waals surface area contributed by atoms with Crippen molar-refractivity contribution in [2.24, 2.45) is 5.14 Å². The van der Waals surface area contributed by atoms with Gasteiger partial charge in [0.1, 0.15) is 22.4 Å². The molecule has 22 heavy (non-hydrogen) atoms. The van der Waals surface area contributed by atoms with Crippen LogP contribution < -0.4 is 9.88 Å². The maximum absolute atomic E-state index is 11.8. The lowest BCUT2D eigenvalue weighted by Gasteiger charge is -2.39. The van der Waals surface area contributed by atoms with Crippen molar-refractivity contribution in [2.75, 3.05) is 13.1 Å². The van der Waals surface area contributed by atoms with E-state index in [1.54, 1.807) is 32.9 Å². The number of carbonyl (C=O) groups excluding carboxylic acids is 1. The highest BCUT2D eigenvalue weighted by Crippen LogP contribution is 2.26. The Morgan fingerprint density at radius 2 is 1.86 bits per heavy atom. The first kappa shape index (κ1) is 16.6. The Morgan fingerprint density at radius 1 is 1.27 bits per heavy atom. The number of carbonyl (C=O) groups is 1. The van der Waals surface area contributed by atoms with E-state index in [0.717, 1.165) is 0 Å². The number of likely N-dealkylation sites (tertiary alicyclic amines) is 1. The van der Waals surface area contributed by atoms with Gasteiger partial charge in [0, 0.05) is 0 Å². The van der Waals surface area contributed by atoms with Crippen LogP contribution in [-0.4, -0.2) is 44.2 Å². The summed E-state index contributed by atoms with van der Waals surface area (Å²) in [6.45, 7) is 6.06. The highest BCUT2D eigenvalue weighted by atomic mass is 32.2. The van der Waals surface area contributed by atoms with Gasteiger partial charge in [-0.3, -0.25) is 0 Å². The fourth-order valence-electron chi connectivity index (χ4n) is 1.95. The molecule has 8 heteroatoms. The highest BCUT2D eigenvalue weighted by molar-refractivity contribution is 7.89. The molecule has 1 aliphatic heterocycles. The van der Waals surface area contributed by atoms with Crippen molar-refractivity contribution < 1.29 is 22.7 Å². The van der Waals surface area contributed by atoms with Crippen molar-refractivity contribution >= 4 is 16.1 Å². The minimum Gasteiger partial charge on any atom is -0.485 e. The van der Waals surface area contributed by atoms with Gasteiger partial charge in [0.25, 0.3) is 0 Å². The van der Waals surface area contributed by atoms with Crippen molar-refractivity contribution in [3.63, 3.8) is 0 Å². The molecule has 1 amide bonds. The van der Waals surface area contributed by atoms with Gasteiger partial charge < -0.3 is 14.4 Å². The first-order valence-corrected chi connectivity index (χ1v) is 8.37. The van der Waals surface area contributed by atoms with E-state index in [1.165, 1.54) is 17.0 Å². The Balaban J connectivity index is 1.95. The van der Waals surface area contributed by atoms with Gasteiger partial charge in [0.05, 0.1) is 13.1 Å². The second kappa shape index (κ2) is 5.77. The van der Waals surface area contributed by atoms with E-state index in [4.69, 9.17) is 14.6 Å². The van der Waals surface area contributed by atoms with E-state index in [1.807, 2.05) is 0 Å². The number of hydrogen-bond acceptors (Lipinski definition) is 5. The van der Waals surface area contributed by atoms with Crippen molar-refractivity contribution in [3.05, 3.63) is 24.3 Å². The Labute approximate surface area is 130 Å². The smallest absolute Gasteiger partial charge is 0.410 e. The fraction of sp³-hybridized carbons (Fsp3) is 0.500. The average Bonchev–Trinajstić information content (AvgIpc) is 2.30. The van der Waals surface area contributed by atoms with Crippen LogP contribution in [-0.2, 0) is 14.8 Å². The van der Waals surface area contributed by atoms with E-state index in [-0.39, 0.29) is 16.7 Å². The normalized spacial score (nSPS) is 16.1. The van der Waals surface area contributed by atoms with Crippen LogP contribution in [0.3, 0.4) is 0 Å². The SMILES string of the molecule is CC(C)(C)OC(=O)N1CC(Oc2ccccc2S(N)(=O)=O)C1. The third kappa shape index (κ3) is 4.11. The molecule has 0 radical (unpaired) electrons. The van der Waals surface area contributed by atoms with Crippen molar-refractivity contribution in [3.8, 4) is 5.75 Å². The summed E-state index contributed by atoms with van der Waals surface area (Å²) in [5.74, 6) is 0.193. The zero-order chi connectivity index (χ0) is 16.5. The van der Waals surface area contributed by atoms with Crippen LogP contribution in [0.15, 0.2) is 29.2 Å². The second-order valence-electron chi connectivity index (χ2n) is 6.12. The molecule has 0 spiro atoms. The summed E-state index contributed by atoms with van der Waals surface area (Å²) >= 11 is 0. The first-order chi connectivity index (χ1) is 10.1. The molecule has 0 aromatic heterocycles. The summed E-state index contributed by atoms with van der Waals surface area (Å²) in [5.41, 5.74) is -0.552. The number of nitrogens with two attached hydrogens (primary N) is 1. The summed E-state index contributed by atoms with van der Waals surface area (Å²) in [6, 6.07) is 6.15. The van der Waals surface area contributed by atoms with Crippen LogP contribution >= 0.6 is 0 Å². The van der Waals surface area contributed by atoms with Crippen LogP contribution in [0.2, 0.25) is 0 Å². The minimum absolute atomic E-state index is 0.0641. The molecule has 1 heterocycles. The highest BCUT2D eigenvalue weighted by Gasteiger charge is 2.35. The van der Waals surface area contributed by atoms with Crippen molar-refractivity contribution in [1.29, 1.82) is 0 Å². The molecule has 7 nitrogen and oxygen atoms in total. The molecule has 2 rings (SSSR count). The number of para-hydroxylation sites is 1. The molecule has 1 saturated heterocycles. The number of nitrogens with zero attached hydrogens (tertiary/aromatic N) is 1. The standard InChI is InChI=1S/C14H20N2O5S/c1-14(2,3)21-13(17)16-8-10(9-16)20-11-6-4-5-7-12(11)22(15,18)19/h4-7,10H,8-9H2,1-3H3,(H2,15,18,19). The van der Waals surface area contributed by atoms with Gasteiger partial charge in [0.15, 0.2) is 0 Å². The predicted octanol–water partition coefficient (Wildman–Crippen LogP) is 1.33. The molecule has 1 aromatic rings. The molecule has 0 unspecified atom stereocenters. The number of ether oxygens (including phenoxy) is 2. The van der Waals surface area contributed by atoms with Crippen molar-refractivity contribution in [2.45, 2.75) is 37.4 Å². The van der Waals surface area contributed by atoms with Gasteiger partial charge >= 0.3 is 6.09 Å². The Bertz CT molecular complexity index is 660. The maximum Gasteiger partial charge on any atom is 0.410 e. The zero-order valence-corrected chi connectivity index (χ0v) is 13.6. The van der Waals surface area contributed by atoms with Crippen LogP contribution in [0.5, 0.6) is 5.75 Å². The molecule has 0 atom stereocenters. The Hall–Kier alpha value is -1.80. The van der Waals surface area contributed by atoms with Crippen LogP contribution in [0, 0.1) is 0 Å². The molecular weight excluding hydrogens is 308 g/mol. The molecule has 1 aromatic carbocycles. The summed E-state index contributed by atoms with van der Waals surface area (Å²) in [4.78, 5) is 13.2. The summed E-state index contributed by atoms with van der Waals surface area (Å²) in [7, 11) is -3.85. The molecule has 2 N–H and O–H groups in total. The lowest BCUT2D eigenvalue weighted by atomic mass is 10.1.